The third kappa shape index (κ3) is 3.14. The Hall–Kier alpha value is -1.95. The number of nitrogens with zero attached hydrogens (tertiary/aromatic N) is 1. The lowest BCUT2D eigenvalue weighted by Crippen LogP contribution is -2.53. The highest BCUT2D eigenvalue weighted by molar-refractivity contribution is 5.80. The molecule has 0 aromatic heterocycles. The van der Waals surface area contributed by atoms with Crippen LogP contribution in [0.3, 0.4) is 0 Å². The second-order valence-electron chi connectivity index (χ2n) is 5.51. The van der Waals surface area contributed by atoms with Gasteiger partial charge >= 0.3 is 0 Å². The van der Waals surface area contributed by atoms with Crippen LogP contribution in [0.5, 0.6) is 0 Å². The van der Waals surface area contributed by atoms with E-state index in [2.05, 4.69) is 5.32 Å². The molecule has 1 fully saturated rings. The van der Waals surface area contributed by atoms with Crippen LogP contribution in [0.25, 0.3) is 0 Å². The van der Waals surface area contributed by atoms with Gasteiger partial charge in [-0.1, -0.05) is 18.2 Å². The molecule has 1 aromatic carbocycles. The van der Waals surface area contributed by atoms with E-state index >= 15 is 0 Å². The molecule has 6 nitrogen and oxygen atoms in total. The minimum absolute atomic E-state index is 0.000532. The Morgan fingerprint density at radius 2 is 2.15 bits per heavy atom. The summed E-state index contributed by atoms with van der Waals surface area (Å²) in [5, 5.41) is 13.8. The van der Waals surface area contributed by atoms with Crippen LogP contribution in [0.1, 0.15) is 25.3 Å². The van der Waals surface area contributed by atoms with E-state index in [1.54, 1.807) is 18.2 Å². The number of hydrogen-bond acceptors (Lipinski definition) is 4. The summed E-state index contributed by atoms with van der Waals surface area (Å²) < 4.78 is 0. The first-order valence-electron chi connectivity index (χ1n) is 6.69. The average Bonchev–Trinajstić information content (AvgIpc) is 3.23. The third-order valence-corrected chi connectivity index (χ3v) is 3.87. The Balaban J connectivity index is 2.06. The largest absolute Gasteiger partial charge is 0.349 e. The van der Waals surface area contributed by atoms with Crippen molar-refractivity contribution in [3.8, 4) is 0 Å². The molecular formula is C14H19N3O3. The maximum Gasteiger partial charge on any atom is 0.273 e. The van der Waals surface area contributed by atoms with Crippen LogP contribution in [-0.2, 0) is 11.2 Å². The highest BCUT2D eigenvalue weighted by atomic mass is 16.6. The highest BCUT2D eigenvalue weighted by Gasteiger charge is 2.41. The lowest BCUT2D eigenvalue weighted by molar-refractivity contribution is -0.385. The monoisotopic (exact) mass is 277 g/mol. The number of para-hydroxylation sites is 1. The summed E-state index contributed by atoms with van der Waals surface area (Å²) in [5.74, 6) is 0.196. The molecule has 0 saturated heterocycles. The molecule has 2 rings (SSSR count). The molecule has 108 valence electrons. The van der Waals surface area contributed by atoms with Crippen molar-refractivity contribution in [2.24, 2.45) is 11.7 Å². The summed E-state index contributed by atoms with van der Waals surface area (Å²) in [6.45, 7) is 2.31. The number of amides is 1. The summed E-state index contributed by atoms with van der Waals surface area (Å²) in [6.07, 6.45) is 2.14. The van der Waals surface area contributed by atoms with Crippen molar-refractivity contribution >= 4 is 11.6 Å². The van der Waals surface area contributed by atoms with Crippen molar-refractivity contribution in [1.29, 1.82) is 0 Å². The number of nitrogens with two attached hydrogens (primary N) is 1. The summed E-state index contributed by atoms with van der Waals surface area (Å²) in [7, 11) is 0. The second kappa shape index (κ2) is 5.58. The van der Waals surface area contributed by atoms with Crippen molar-refractivity contribution in [3.05, 3.63) is 39.9 Å². The van der Waals surface area contributed by atoms with Crippen LogP contribution in [0.15, 0.2) is 24.3 Å². The predicted molar refractivity (Wildman–Crippen MR) is 75.1 cm³/mol. The van der Waals surface area contributed by atoms with E-state index in [0.29, 0.717) is 18.0 Å². The maximum atomic E-state index is 12.1. The Kier molecular flexibility index (Phi) is 4.04. The van der Waals surface area contributed by atoms with Gasteiger partial charge in [0.1, 0.15) is 0 Å². The van der Waals surface area contributed by atoms with Crippen LogP contribution in [0, 0.1) is 16.0 Å². The molecule has 0 aliphatic heterocycles. The van der Waals surface area contributed by atoms with E-state index in [1.807, 2.05) is 6.92 Å². The zero-order valence-electron chi connectivity index (χ0n) is 11.5. The standard InChI is InChI=1S/C14H19N3O3/c1-14(9-15,11-6-7-11)16-13(18)8-10-4-2-3-5-12(10)17(19)20/h2-5,11H,6-9,15H2,1H3,(H,16,18). The van der Waals surface area contributed by atoms with Gasteiger partial charge in [-0.05, 0) is 25.7 Å². The van der Waals surface area contributed by atoms with E-state index in [4.69, 9.17) is 5.73 Å². The van der Waals surface area contributed by atoms with E-state index in [0.717, 1.165) is 12.8 Å². The lowest BCUT2D eigenvalue weighted by atomic mass is 9.95. The number of carbonyl (C=O) groups is 1. The molecular weight excluding hydrogens is 258 g/mol. The topological polar surface area (TPSA) is 98.3 Å². The fourth-order valence-electron chi connectivity index (χ4n) is 2.41. The second-order valence-corrected chi connectivity index (χ2v) is 5.51. The van der Waals surface area contributed by atoms with Gasteiger partial charge < -0.3 is 11.1 Å². The Morgan fingerprint density at radius 1 is 1.50 bits per heavy atom. The highest BCUT2D eigenvalue weighted by Crippen LogP contribution is 2.39. The minimum Gasteiger partial charge on any atom is -0.349 e. The minimum atomic E-state index is -0.467. The molecule has 3 N–H and O–H groups in total. The smallest absolute Gasteiger partial charge is 0.273 e. The van der Waals surface area contributed by atoms with Crippen LogP contribution in [-0.4, -0.2) is 22.9 Å². The summed E-state index contributed by atoms with van der Waals surface area (Å²) in [6, 6.07) is 6.30. The molecule has 0 radical (unpaired) electrons. The van der Waals surface area contributed by atoms with Gasteiger partial charge in [0.25, 0.3) is 5.69 Å². The first-order valence-corrected chi connectivity index (χ1v) is 6.69. The fourth-order valence-corrected chi connectivity index (χ4v) is 2.41. The summed E-state index contributed by atoms with van der Waals surface area (Å²) >= 11 is 0. The number of nitro benzene ring substituents is 1. The predicted octanol–water partition coefficient (Wildman–Crippen LogP) is 1.38. The number of nitrogens with one attached hydrogen (secondary N) is 1. The SMILES string of the molecule is CC(CN)(NC(=O)Cc1ccccc1[N+](=O)[O-])C1CC1. The summed E-state index contributed by atoms with van der Waals surface area (Å²) in [4.78, 5) is 22.6. The molecule has 1 amide bonds. The zero-order valence-corrected chi connectivity index (χ0v) is 11.5. The molecule has 1 atom stereocenters. The number of hydrogen-bond donors (Lipinski definition) is 2. The quantitative estimate of drug-likeness (QED) is 0.606. The Labute approximate surface area is 117 Å². The van der Waals surface area contributed by atoms with Crippen LogP contribution in [0.2, 0.25) is 0 Å². The van der Waals surface area contributed by atoms with Gasteiger partial charge in [0.05, 0.1) is 16.9 Å². The van der Waals surface area contributed by atoms with Gasteiger partial charge in [-0.25, -0.2) is 0 Å². The van der Waals surface area contributed by atoms with Crippen LogP contribution < -0.4 is 11.1 Å². The summed E-state index contributed by atoms with van der Waals surface area (Å²) in [5.41, 5.74) is 5.74. The number of nitro groups is 1. The number of carbonyl (C=O) groups excluding carboxylic acids is 1. The third-order valence-electron chi connectivity index (χ3n) is 3.87. The Morgan fingerprint density at radius 3 is 2.70 bits per heavy atom. The van der Waals surface area contributed by atoms with E-state index in [-0.39, 0.29) is 18.0 Å². The van der Waals surface area contributed by atoms with Crippen molar-refractivity contribution < 1.29 is 9.72 Å². The maximum absolute atomic E-state index is 12.1. The fraction of sp³-hybridized carbons (Fsp3) is 0.500. The molecule has 1 aliphatic rings. The van der Waals surface area contributed by atoms with Crippen molar-refractivity contribution in [2.75, 3.05) is 6.54 Å². The van der Waals surface area contributed by atoms with E-state index in [9.17, 15) is 14.9 Å². The van der Waals surface area contributed by atoms with Crippen molar-refractivity contribution in [1.82, 2.24) is 5.32 Å². The van der Waals surface area contributed by atoms with Crippen LogP contribution >= 0.6 is 0 Å². The Bertz CT molecular complexity index is 528. The van der Waals surface area contributed by atoms with Gasteiger partial charge in [0.2, 0.25) is 5.91 Å². The molecule has 6 heteroatoms. The lowest BCUT2D eigenvalue weighted by Gasteiger charge is -2.29. The van der Waals surface area contributed by atoms with E-state index < -0.39 is 10.5 Å². The molecule has 1 aromatic rings. The molecule has 0 bridgehead atoms. The van der Waals surface area contributed by atoms with Gasteiger partial charge in [-0.15, -0.1) is 0 Å². The zero-order chi connectivity index (χ0) is 14.8. The van der Waals surface area contributed by atoms with Gasteiger partial charge in [0.15, 0.2) is 0 Å². The van der Waals surface area contributed by atoms with Gasteiger partial charge in [-0.2, -0.15) is 0 Å². The molecule has 1 saturated carbocycles. The molecule has 1 aliphatic carbocycles. The first kappa shape index (κ1) is 14.5. The average molecular weight is 277 g/mol. The van der Waals surface area contributed by atoms with Crippen LogP contribution in [0.4, 0.5) is 5.69 Å². The molecule has 0 heterocycles. The van der Waals surface area contributed by atoms with Gasteiger partial charge in [0, 0.05) is 18.2 Å². The molecule has 1 unspecified atom stereocenters. The van der Waals surface area contributed by atoms with Gasteiger partial charge in [-0.3, -0.25) is 14.9 Å². The normalized spacial score (nSPS) is 17.3. The van der Waals surface area contributed by atoms with Crippen molar-refractivity contribution in [3.63, 3.8) is 0 Å². The van der Waals surface area contributed by atoms with Crippen molar-refractivity contribution in [2.45, 2.75) is 31.7 Å². The number of rotatable bonds is 6. The van der Waals surface area contributed by atoms with E-state index in [1.165, 1.54) is 6.07 Å². The number of benzene rings is 1. The molecule has 20 heavy (non-hydrogen) atoms. The first-order chi connectivity index (χ1) is 9.46. The molecule has 0 spiro atoms.